The molecule has 1 heterocycles. The molecule has 11 heavy (non-hydrogen) atoms. The maximum Gasteiger partial charge on any atom is 0.260 e. The van der Waals surface area contributed by atoms with Crippen molar-refractivity contribution in [1.82, 2.24) is 4.90 Å². The Morgan fingerprint density at radius 2 is 1.82 bits per heavy atom. The highest BCUT2D eigenvalue weighted by Gasteiger charge is 2.16. The summed E-state index contributed by atoms with van der Waals surface area (Å²) in [5.41, 5.74) is 0. The summed E-state index contributed by atoms with van der Waals surface area (Å²) in [6.07, 6.45) is 3.51. The van der Waals surface area contributed by atoms with E-state index in [1.54, 1.807) is 0 Å². The van der Waals surface area contributed by atoms with E-state index in [9.17, 15) is 4.79 Å². The van der Waals surface area contributed by atoms with E-state index in [0.29, 0.717) is 4.48 Å². The van der Waals surface area contributed by atoms with E-state index in [-0.39, 0.29) is 5.91 Å². The van der Waals surface area contributed by atoms with Crippen molar-refractivity contribution in [3.8, 4) is 0 Å². The first-order valence-electron chi connectivity index (χ1n) is 3.85. The summed E-state index contributed by atoms with van der Waals surface area (Å²) in [7, 11) is 0. The lowest BCUT2D eigenvalue weighted by Crippen LogP contribution is -2.35. The largest absolute Gasteiger partial charge is 0.338 e. The first-order chi connectivity index (χ1) is 5.22. The van der Waals surface area contributed by atoms with Crippen molar-refractivity contribution in [2.24, 2.45) is 0 Å². The highest BCUT2D eigenvalue weighted by Crippen LogP contribution is 2.13. The van der Waals surface area contributed by atoms with Crippen LogP contribution in [0.1, 0.15) is 19.3 Å². The van der Waals surface area contributed by atoms with Crippen molar-refractivity contribution in [3.63, 3.8) is 0 Å². The number of piperidine rings is 1. The fraction of sp³-hybridized carbons (Fsp3) is 0.625. The van der Waals surface area contributed by atoms with Crippen molar-refractivity contribution >= 4 is 21.8 Å². The molecule has 1 aliphatic heterocycles. The highest BCUT2D eigenvalue weighted by atomic mass is 79.9. The van der Waals surface area contributed by atoms with Gasteiger partial charge in [-0.3, -0.25) is 4.79 Å². The van der Waals surface area contributed by atoms with E-state index in [4.69, 9.17) is 0 Å². The Balaban J connectivity index is 2.45. The van der Waals surface area contributed by atoms with E-state index >= 15 is 0 Å². The van der Waals surface area contributed by atoms with E-state index < -0.39 is 0 Å². The summed E-state index contributed by atoms with van der Waals surface area (Å²) in [6, 6.07) is 0. The minimum absolute atomic E-state index is 0.0460. The summed E-state index contributed by atoms with van der Waals surface area (Å²) >= 11 is 3.09. The Morgan fingerprint density at radius 1 is 1.27 bits per heavy atom. The highest BCUT2D eigenvalue weighted by molar-refractivity contribution is 9.12. The van der Waals surface area contributed by atoms with Gasteiger partial charge in [0.2, 0.25) is 0 Å². The van der Waals surface area contributed by atoms with Gasteiger partial charge in [0.25, 0.3) is 5.91 Å². The van der Waals surface area contributed by atoms with Crippen LogP contribution in [0.4, 0.5) is 0 Å². The number of hydrogen-bond donors (Lipinski definition) is 0. The van der Waals surface area contributed by atoms with Crippen LogP contribution in [0.15, 0.2) is 11.1 Å². The van der Waals surface area contributed by atoms with E-state index in [2.05, 4.69) is 22.5 Å². The molecule has 0 radical (unpaired) electrons. The first kappa shape index (κ1) is 8.78. The van der Waals surface area contributed by atoms with Gasteiger partial charge in [-0.2, -0.15) is 0 Å². The van der Waals surface area contributed by atoms with Crippen molar-refractivity contribution in [2.75, 3.05) is 13.1 Å². The summed E-state index contributed by atoms with van der Waals surface area (Å²) in [5, 5.41) is 0. The van der Waals surface area contributed by atoms with Crippen molar-refractivity contribution in [1.29, 1.82) is 0 Å². The third-order valence-electron chi connectivity index (χ3n) is 1.88. The molecule has 0 aromatic heterocycles. The Labute approximate surface area is 75.4 Å². The van der Waals surface area contributed by atoms with Gasteiger partial charge in [0.1, 0.15) is 0 Å². The van der Waals surface area contributed by atoms with Crippen molar-refractivity contribution in [3.05, 3.63) is 11.1 Å². The maximum atomic E-state index is 11.3. The van der Waals surface area contributed by atoms with Gasteiger partial charge in [0, 0.05) is 13.1 Å². The zero-order valence-electron chi connectivity index (χ0n) is 6.48. The molecule has 2 nitrogen and oxygen atoms in total. The molecule has 0 bridgehead atoms. The predicted molar refractivity (Wildman–Crippen MR) is 48.5 cm³/mol. The standard InChI is InChI=1S/C8H12BrNO/c1-7(9)8(11)10-5-3-2-4-6-10/h1-6H2. The molecule has 0 aliphatic carbocycles. The van der Waals surface area contributed by atoms with Crippen LogP contribution in [0.3, 0.4) is 0 Å². The van der Waals surface area contributed by atoms with Crippen molar-refractivity contribution in [2.45, 2.75) is 19.3 Å². The number of amides is 1. The van der Waals surface area contributed by atoms with Crippen LogP contribution in [-0.4, -0.2) is 23.9 Å². The molecule has 0 spiro atoms. The number of hydrogen-bond acceptors (Lipinski definition) is 1. The average molecular weight is 218 g/mol. The quantitative estimate of drug-likeness (QED) is 0.615. The second-order valence-corrected chi connectivity index (χ2v) is 3.71. The van der Waals surface area contributed by atoms with Gasteiger partial charge in [0.15, 0.2) is 0 Å². The molecule has 62 valence electrons. The Kier molecular flexibility index (Phi) is 3.12. The molecule has 0 aromatic rings. The van der Waals surface area contributed by atoms with Gasteiger partial charge in [-0.05, 0) is 35.2 Å². The summed E-state index contributed by atoms with van der Waals surface area (Å²) in [6.45, 7) is 5.34. The zero-order chi connectivity index (χ0) is 8.27. The van der Waals surface area contributed by atoms with Crippen LogP contribution in [-0.2, 0) is 4.79 Å². The molecule has 1 saturated heterocycles. The van der Waals surface area contributed by atoms with Crippen LogP contribution in [0.25, 0.3) is 0 Å². The van der Waals surface area contributed by atoms with Crippen LogP contribution >= 0.6 is 15.9 Å². The van der Waals surface area contributed by atoms with Crippen LogP contribution in [0, 0.1) is 0 Å². The van der Waals surface area contributed by atoms with Gasteiger partial charge < -0.3 is 4.90 Å². The number of likely N-dealkylation sites (tertiary alicyclic amines) is 1. The zero-order valence-corrected chi connectivity index (χ0v) is 8.06. The number of nitrogens with zero attached hydrogens (tertiary/aromatic N) is 1. The molecule has 3 heteroatoms. The molecule has 0 aromatic carbocycles. The molecule has 1 fully saturated rings. The monoisotopic (exact) mass is 217 g/mol. The predicted octanol–water partition coefficient (Wildman–Crippen LogP) is 1.91. The molecular weight excluding hydrogens is 206 g/mol. The topological polar surface area (TPSA) is 20.3 Å². The Bertz CT molecular complexity index is 173. The summed E-state index contributed by atoms with van der Waals surface area (Å²) in [4.78, 5) is 13.1. The number of halogens is 1. The van der Waals surface area contributed by atoms with Crippen LogP contribution in [0.2, 0.25) is 0 Å². The average Bonchev–Trinajstić information content (AvgIpc) is 2.05. The van der Waals surface area contributed by atoms with E-state index in [1.165, 1.54) is 6.42 Å². The normalized spacial score (nSPS) is 18.1. The molecule has 1 rings (SSSR count). The number of rotatable bonds is 1. The molecule has 0 N–H and O–H groups in total. The minimum Gasteiger partial charge on any atom is -0.338 e. The second kappa shape index (κ2) is 3.90. The van der Waals surface area contributed by atoms with Gasteiger partial charge in [-0.1, -0.05) is 6.58 Å². The summed E-state index contributed by atoms with van der Waals surface area (Å²) in [5.74, 6) is 0.0460. The van der Waals surface area contributed by atoms with Gasteiger partial charge in [-0.25, -0.2) is 0 Å². The molecular formula is C8H12BrNO. The van der Waals surface area contributed by atoms with E-state index in [0.717, 1.165) is 25.9 Å². The second-order valence-electron chi connectivity index (χ2n) is 2.76. The molecule has 1 amide bonds. The lowest BCUT2D eigenvalue weighted by molar-refractivity contribution is -0.127. The molecule has 0 saturated carbocycles. The van der Waals surface area contributed by atoms with Crippen LogP contribution < -0.4 is 0 Å². The van der Waals surface area contributed by atoms with Gasteiger partial charge in [-0.15, -0.1) is 0 Å². The Morgan fingerprint density at radius 3 is 2.27 bits per heavy atom. The SMILES string of the molecule is C=C(Br)C(=O)N1CCCCC1. The molecule has 1 aliphatic rings. The maximum absolute atomic E-state index is 11.3. The summed E-state index contributed by atoms with van der Waals surface area (Å²) < 4.78 is 0.472. The van der Waals surface area contributed by atoms with Gasteiger partial charge in [0.05, 0.1) is 4.48 Å². The fourth-order valence-corrected chi connectivity index (χ4v) is 1.52. The number of carbonyl (C=O) groups is 1. The third-order valence-corrected chi connectivity index (χ3v) is 2.21. The third kappa shape index (κ3) is 2.33. The van der Waals surface area contributed by atoms with E-state index in [1.807, 2.05) is 4.90 Å². The molecule has 0 atom stereocenters. The van der Waals surface area contributed by atoms with Crippen LogP contribution in [0.5, 0.6) is 0 Å². The van der Waals surface area contributed by atoms with Gasteiger partial charge >= 0.3 is 0 Å². The van der Waals surface area contributed by atoms with Crippen molar-refractivity contribution < 1.29 is 4.79 Å². The first-order valence-corrected chi connectivity index (χ1v) is 4.65. The fourth-order valence-electron chi connectivity index (χ4n) is 1.27. The Hall–Kier alpha value is -0.310. The number of carbonyl (C=O) groups excluding carboxylic acids is 1. The lowest BCUT2D eigenvalue weighted by Gasteiger charge is -2.26. The lowest BCUT2D eigenvalue weighted by atomic mass is 10.1. The molecule has 0 unspecified atom stereocenters. The smallest absolute Gasteiger partial charge is 0.260 e. The minimum atomic E-state index is 0.0460.